The molecule has 0 spiro atoms. The molecule has 0 saturated carbocycles. The molecule has 1 aromatic carbocycles. The van der Waals surface area contributed by atoms with Crippen LogP contribution in [0.2, 0.25) is 0 Å². The SMILES string of the molecule is Cc1cccc(CCC2CNC(=O)C(O)C2)c1. The summed E-state index contributed by atoms with van der Waals surface area (Å²) in [5, 5.41) is 12.2. The fourth-order valence-electron chi connectivity index (χ4n) is 2.33. The molecular formula is C14H19NO2. The summed E-state index contributed by atoms with van der Waals surface area (Å²) in [7, 11) is 0. The summed E-state index contributed by atoms with van der Waals surface area (Å²) < 4.78 is 0. The van der Waals surface area contributed by atoms with Crippen LogP contribution >= 0.6 is 0 Å². The maximum absolute atomic E-state index is 11.1. The minimum absolute atomic E-state index is 0.225. The molecular weight excluding hydrogens is 214 g/mol. The van der Waals surface area contributed by atoms with Gasteiger partial charge in [-0.25, -0.2) is 0 Å². The molecule has 2 unspecified atom stereocenters. The number of aliphatic hydroxyl groups excluding tert-OH is 1. The van der Waals surface area contributed by atoms with Crippen molar-refractivity contribution in [3.63, 3.8) is 0 Å². The van der Waals surface area contributed by atoms with Crippen LogP contribution in [0.4, 0.5) is 0 Å². The molecule has 1 fully saturated rings. The van der Waals surface area contributed by atoms with Gasteiger partial charge in [-0.3, -0.25) is 4.79 Å². The van der Waals surface area contributed by atoms with Gasteiger partial charge in [-0.2, -0.15) is 0 Å². The first-order valence-electron chi connectivity index (χ1n) is 6.16. The maximum atomic E-state index is 11.1. The number of amides is 1. The van der Waals surface area contributed by atoms with Gasteiger partial charge in [0.05, 0.1) is 0 Å². The average molecular weight is 233 g/mol. The second-order valence-corrected chi connectivity index (χ2v) is 4.89. The van der Waals surface area contributed by atoms with Gasteiger partial charge in [0.2, 0.25) is 5.91 Å². The molecule has 1 amide bonds. The van der Waals surface area contributed by atoms with Gasteiger partial charge in [-0.1, -0.05) is 29.8 Å². The van der Waals surface area contributed by atoms with E-state index in [0.29, 0.717) is 18.9 Å². The molecule has 17 heavy (non-hydrogen) atoms. The van der Waals surface area contributed by atoms with Crippen LogP contribution in [0.1, 0.15) is 24.0 Å². The number of aliphatic hydroxyl groups is 1. The van der Waals surface area contributed by atoms with E-state index in [0.717, 1.165) is 12.8 Å². The van der Waals surface area contributed by atoms with E-state index in [9.17, 15) is 9.90 Å². The monoisotopic (exact) mass is 233 g/mol. The van der Waals surface area contributed by atoms with Crippen LogP contribution in [-0.4, -0.2) is 23.7 Å². The molecule has 0 radical (unpaired) electrons. The Hall–Kier alpha value is -1.35. The smallest absolute Gasteiger partial charge is 0.248 e. The highest BCUT2D eigenvalue weighted by atomic mass is 16.3. The molecule has 3 nitrogen and oxygen atoms in total. The number of nitrogens with one attached hydrogen (secondary N) is 1. The Bertz CT molecular complexity index is 403. The molecule has 0 bridgehead atoms. The van der Waals surface area contributed by atoms with Crippen LogP contribution in [0.25, 0.3) is 0 Å². The van der Waals surface area contributed by atoms with E-state index in [1.807, 2.05) is 0 Å². The van der Waals surface area contributed by atoms with Crippen LogP contribution < -0.4 is 5.32 Å². The molecule has 2 atom stereocenters. The zero-order chi connectivity index (χ0) is 12.3. The lowest BCUT2D eigenvalue weighted by Gasteiger charge is -2.26. The lowest BCUT2D eigenvalue weighted by Crippen LogP contribution is -2.44. The van der Waals surface area contributed by atoms with Crippen LogP contribution in [0.3, 0.4) is 0 Å². The first-order chi connectivity index (χ1) is 8.15. The number of piperidine rings is 1. The molecule has 2 rings (SSSR count). The second kappa shape index (κ2) is 5.32. The van der Waals surface area contributed by atoms with Crippen molar-refractivity contribution < 1.29 is 9.90 Å². The average Bonchev–Trinajstić information content (AvgIpc) is 2.31. The molecule has 1 aliphatic rings. The number of aryl methyl sites for hydroxylation is 2. The van der Waals surface area contributed by atoms with Crippen molar-refractivity contribution in [2.24, 2.45) is 5.92 Å². The van der Waals surface area contributed by atoms with Gasteiger partial charge in [0.25, 0.3) is 0 Å². The predicted molar refractivity (Wildman–Crippen MR) is 66.6 cm³/mol. The van der Waals surface area contributed by atoms with E-state index >= 15 is 0 Å². The first kappa shape index (κ1) is 12.1. The minimum atomic E-state index is -0.814. The zero-order valence-corrected chi connectivity index (χ0v) is 10.1. The molecule has 1 heterocycles. The number of hydrogen-bond acceptors (Lipinski definition) is 2. The maximum Gasteiger partial charge on any atom is 0.248 e. The van der Waals surface area contributed by atoms with E-state index in [-0.39, 0.29) is 5.91 Å². The molecule has 0 aliphatic carbocycles. The molecule has 3 heteroatoms. The van der Waals surface area contributed by atoms with E-state index in [4.69, 9.17) is 0 Å². The molecule has 92 valence electrons. The molecule has 1 aliphatic heterocycles. The van der Waals surface area contributed by atoms with Gasteiger partial charge in [0.1, 0.15) is 6.10 Å². The summed E-state index contributed by atoms with van der Waals surface area (Å²) >= 11 is 0. The zero-order valence-electron chi connectivity index (χ0n) is 10.1. The largest absolute Gasteiger partial charge is 0.383 e. The Morgan fingerprint density at radius 1 is 1.47 bits per heavy atom. The normalized spacial score (nSPS) is 24.5. The van der Waals surface area contributed by atoms with Crippen LogP contribution in [0.15, 0.2) is 24.3 Å². The number of carbonyl (C=O) groups is 1. The third-order valence-corrected chi connectivity index (χ3v) is 3.35. The Morgan fingerprint density at radius 3 is 3.00 bits per heavy atom. The van der Waals surface area contributed by atoms with Crippen LogP contribution in [0.5, 0.6) is 0 Å². The molecule has 0 aromatic heterocycles. The topological polar surface area (TPSA) is 49.3 Å². The van der Waals surface area contributed by atoms with E-state index in [1.165, 1.54) is 11.1 Å². The predicted octanol–water partition coefficient (Wildman–Crippen LogP) is 1.42. The molecule has 2 N–H and O–H groups in total. The fraction of sp³-hybridized carbons (Fsp3) is 0.500. The Kier molecular flexibility index (Phi) is 3.79. The highest BCUT2D eigenvalue weighted by Gasteiger charge is 2.25. The van der Waals surface area contributed by atoms with Crippen LogP contribution in [-0.2, 0) is 11.2 Å². The van der Waals surface area contributed by atoms with Gasteiger partial charge in [-0.05, 0) is 37.7 Å². The van der Waals surface area contributed by atoms with Crippen molar-refractivity contribution in [3.8, 4) is 0 Å². The highest BCUT2D eigenvalue weighted by Crippen LogP contribution is 2.18. The Morgan fingerprint density at radius 2 is 2.29 bits per heavy atom. The van der Waals surface area contributed by atoms with Crippen molar-refractivity contribution in [2.75, 3.05) is 6.54 Å². The molecule has 1 saturated heterocycles. The van der Waals surface area contributed by atoms with Crippen molar-refractivity contribution in [2.45, 2.75) is 32.3 Å². The second-order valence-electron chi connectivity index (χ2n) is 4.89. The fourth-order valence-corrected chi connectivity index (χ4v) is 2.33. The third kappa shape index (κ3) is 3.30. The van der Waals surface area contributed by atoms with E-state index in [1.54, 1.807) is 0 Å². The highest BCUT2D eigenvalue weighted by molar-refractivity contribution is 5.81. The Balaban J connectivity index is 1.84. The van der Waals surface area contributed by atoms with Gasteiger partial charge in [0, 0.05) is 6.54 Å². The third-order valence-electron chi connectivity index (χ3n) is 3.35. The summed E-state index contributed by atoms with van der Waals surface area (Å²) in [5.74, 6) is 0.167. The van der Waals surface area contributed by atoms with Gasteiger partial charge in [-0.15, -0.1) is 0 Å². The van der Waals surface area contributed by atoms with Crippen molar-refractivity contribution in [1.29, 1.82) is 0 Å². The van der Waals surface area contributed by atoms with E-state index < -0.39 is 6.10 Å². The number of hydrogen-bond donors (Lipinski definition) is 2. The van der Waals surface area contributed by atoms with Gasteiger partial charge < -0.3 is 10.4 Å². The summed E-state index contributed by atoms with van der Waals surface area (Å²) in [6.07, 6.45) is 1.80. The summed E-state index contributed by atoms with van der Waals surface area (Å²) in [4.78, 5) is 11.1. The van der Waals surface area contributed by atoms with Crippen LogP contribution in [0, 0.1) is 12.8 Å². The van der Waals surface area contributed by atoms with Crippen molar-refractivity contribution >= 4 is 5.91 Å². The molecule has 1 aromatic rings. The number of rotatable bonds is 3. The minimum Gasteiger partial charge on any atom is -0.383 e. The van der Waals surface area contributed by atoms with Gasteiger partial charge >= 0.3 is 0 Å². The summed E-state index contributed by atoms with van der Waals surface area (Å²) in [5.41, 5.74) is 2.61. The van der Waals surface area contributed by atoms with Crippen molar-refractivity contribution in [1.82, 2.24) is 5.32 Å². The Labute approximate surface area is 102 Å². The lowest BCUT2D eigenvalue weighted by atomic mass is 9.91. The lowest BCUT2D eigenvalue weighted by molar-refractivity contribution is -0.132. The summed E-state index contributed by atoms with van der Waals surface area (Å²) in [6.45, 7) is 2.79. The van der Waals surface area contributed by atoms with Gasteiger partial charge in [0.15, 0.2) is 0 Å². The number of carbonyl (C=O) groups excluding carboxylic acids is 1. The van der Waals surface area contributed by atoms with E-state index in [2.05, 4.69) is 36.5 Å². The first-order valence-corrected chi connectivity index (χ1v) is 6.16. The number of benzene rings is 1. The van der Waals surface area contributed by atoms with Crippen molar-refractivity contribution in [3.05, 3.63) is 35.4 Å². The standard InChI is InChI=1S/C14H19NO2/c1-10-3-2-4-11(7-10)5-6-12-8-13(16)14(17)15-9-12/h2-4,7,12-13,16H,5-6,8-9H2,1H3,(H,15,17). The summed E-state index contributed by atoms with van der Waals surface area (Å²) in [6, 6.07) is 8.49. The quantitative estimate of drug-likeness (QED) is 0.829.